The van der Waals surface area contributed by atoms with Crippen LogP contribution in [0.2, 0.25) is 0 Å². The van der Waals surface area contributed by atoms with E-state index in [2.05, 4.69) is 157 Å². The summed E-state index contributed by atoms with van der Waals surface area (Å²) in [5, 5.41) is 2.29. The number of para-hydroxylation sites is 1. The van der Waals surface area contributed by atoms with Crippen molar-refractivity contribution >= 4 is 39.0 Å². The van der Waals surface area contributed by atoms with Crippen molar-refractivity contribution in [3.8, 4) is 33.4 Å². The number of hydrogen-bond acceptors (Lipinski definition) is 2. The molecule has 8 aromatic rings. The van der Waals surface area contributed by atoms with Gasteiger partial charge in [-0.3, -0.25) is 0 Å². The van der Waals surface area contributed by atoms with Crippen LogP contribution in [0.4, 0.5) is 17.1 Å². The Morgan fingerprint density at radius 1 is 0.378 bits per heavy atom. The van der Waals surface area contributed by atoms with Crippen LogP contribution in [-0.2, 0) is 6.42 Å². The standard InChI is InChI=1S/C43H29NO/c1-2-8-29(9-3-1)30-14-19-35(20-15-30)44(37-23-24-39-34(27-37)26-33-10-4-5-11-38(33)39)36-21-16-31(17-22-36)32-18-25-43-41(28-32)40-12-6-7-13-42(40)45-43/h1-25,27-28H,26H2. The molecule has 0 spiro atoms. The zero-order valence-electron chi connectivity index (χ0n) is 24.7. The van der Waals surface area contributed by atoms with Crippen LogP contribution < -0.4 is 4.90 Å². The Hall–Kier alpha value is -5.86. The minimum absolute atomic E-state index is 0.917. The van der Waals surface area contributed by atoms with Gasteiger partial charge in [-0.1, -0.05) is 109 Å². The maximum Gasteiger partial charge on any atom is 0.135 e. The lowest BCUT2D eigenvalue weighted by Gasteiger charge is -2.26. The molecule has 0 radical (unpaired) electrons. The highest BCUT2D eigenvalue weighted by molar-refractivity contribution is 6.06. The van der Waals surface area contributed by atoms with Gasteiger partial charge < -0.3 is 9.32 Å². The largest absolute Gasteiger partial charge is 0.456 e. The van der Waals surface area contributed by atoms with Gasteiger partial charge in [-0.05, 0) is 106 Å². The molecule has 1 aromatic heterocycles. The average molecular weight is 576 g/mol. The van der Waals surface area contributed by atoms with Gasteiger partial charge in [0, 0.05) is 27.8 Å². The van der Waals surface area contributed by atoms with Crippen LogP contribution in [-0.4, -0.2) is 0 Å². The molecule has 0 saturated heterocycles. The van der Waals surface area contributed by atoms with E-state index in [1.165, 1.54) is 44.5 Å². The van der Waals surface area contributed by atoms with Crippen molar-refractivity contribution in [3.05, 3.63) is 175 Å². The first-order valence-electron chi connectivity index (χ1n) is 15.5. The van der Waals surface area contributed by atoms with Gasteiger partial charge in [-0.2, -0.15) is 0 Å². The third kappa shape index (κ3) is 4.42. The zero-order valence-corrected chi connectivity index (χ0v) is 24.7. The Morgan fingerprint density at radius 3 is 1.76 bits per heavy atom. The molecule has 1 aliphatic rings. The van der Waals surface area contributed by atoms with Crippen LogP contribution in [0.3, 0.4) is 0 Å². The number of anilines is 3. The fourth-order valence-corrected chi connectivity index (χ4v) is 6.86. The summed E-state index contributed by atoms with van der Waals surface area (Å²) in [5.74, 6) is 0. The van der Waals surface area contributed by atoms with Gasteiger partial charge in [0.05, 0.1) is 0 Å². The van der Waals surface area contributed by atoms with Crippen molar-refractivity contribution in [2.24, 2.45) is 0 Å². The molecular weight excluding hydrogens is 546 g/mol. The predicted octanol–water partition coefficient (Wildman–Crippen LogP) is 12.0. The van der Waals surface area contributed by atoms with Gasteiger partial charge in [0.1, 0.15) is 11.2 Å². The number of nitrogens with zero attached hydrogens (tertiary/aromatic N) is 1. The molecule has 0 N–H and O–H groups in total. The van der Waals surface area contributed by atoms with Crippen LogP contribution >= 0.6 is 0 Å². The molecule has 9 rings (SSSR count). The molecular formula is C43H29NO. The summed E-state index contributed by atoms with van der Waals surface area (Å²) in [6.07, 6.45) is 0.963. The first-order valence-corrected chi connectivity index (χ1v) is 15.5. The summed E-state index contributed by atoms with van der Waals surface area (Å²) in [6, 6.07) is 58.8. The monoisotopic (exact) mass is 575 g/mol. The Kier molecular flexibility index (Phi) is 5.92. The minimum atomic E-state index is 0.917. The average Bonchev–Trinajstić information content (AvgIpc) is 3.67. The highest BCUT2D eigenvalue weighted by Gasteiger charge is 2.21. The maximum atomic E-state index is 6.07. The first-order chi connectivity index (χ1) is 22.3. The van der Waals surface area contributed by atoms with E-state index < -0.39 is 0 Å². The Labute approximate surface area is 262 Å². The Bertz CT molecular complexity index is 2330. The summed E-state index contributed by atoms with van der Waals surface area (Å²) in [5.41, 5.74) is 15.5. The number of fused-ring (bicyclic) bond motifs is 6. The molecule has 2 heteroatoms. The predicted molar refractivity (Wildman–Crippen MR) is 188 cm³/mol. The van der Waals surface area contributed by atoms with Crippen molar-refractivity contribution in [1.82, 2.24) is 0 Å². The normalized spacial score (nSPS) is 11.9. The Morgan fingerprint density at radius 2 is 0.956 bits per heavy atom. The van der Waals surface area contributed by atoms with Crippen molar-refractivity contribution in [2.75, 3.05) is 4.90 Å². The molecule has 0 unspecified atom stereocenters. The summed E-state index contributed by atoms with van der Waals surface area (Å²) in [4.78, 5) is 2.37. The summed E-state index contributed by atoms with van der Waals surface area (Å²) in [6.45, 7) is 0. The van der Waals surface area contributed by atoms with E-state index in [0.717, 1.165) is 45.4 Å². The molecule has 1 aliphatic carbocycles. The highest BCUT2D eigenvalue weighted by atomic mass is 16.3. The highest BCUT2D eigenvalue weighted by Crippen LogP contribution is 2.42. The number of furan rings is 1. The minimum Gasteiger partial charge on any atom is -0.456 e. The van der Waals surface area contributed by atoms with E-state index >= 15 is 0 Å². The maximum absolute atomic E-state index is 6.07. The molecule has 212 valence electrons. The second-order valence-electron chi connectivity index (χ2n) is 11.8. The molecule has 0 fully saturated rings. The molecule has 0 bridgehead atoms. The summed E-state index contributed by atoms with van der Waals surface area (Å²) >= 11 is 0. The van der Waals surface area contributed by atoms with Crippen LogP contribution in [0.25, 0.3) is 55.3 Å². The summed E-state index contributed by atoms with van der Waals surface area (Å²) < 4.78 is 6.07. The number of rotatable bonds is 5. The van der Waals surface area contributed by atoms with Crippen LogP contribution in [0.15, 0.2) is 168 Å². The molecule has 7 aromatic carbocycles. The van der Waals surface area contributed by atoms with Crippen LogP contribution in [0, 0.1) is 0 Å². The van der Waals surface area contributed by atoms with Crippen LogP contribution in [0.5, 0.6) is 0 Å². The van der Waals surface area contributed by atoms with E-state index in [1.807, 2.05) is 12.1 Å². The zero-order chi connectivity index (χ0) is 29.7. The van der Waals surface area contributed by atoms with Gasteiger partial charge in [0.25, 0.3) is 0 Å². The molecule has 0 saturated carbocycles. The first kappa shape index (κ1) is 25.6. The van der Waals surface area contributed by atoms with Crippen molar-refractivity contribution in [2.45, 2.75) is 6.42 Å². The lowest BCUT2D eigenvalue weighted by atomic mass is 10.0. The van der Waals surface area contributed by atoms with Gasteiger partial charge in [-0.15, -0.1) is 0 Å². The van der Waals surface area contributed by atoms with Crippen molar-refractivity contribution in [1.29, 1.82) is 0 Å². The van der Waals surface area contributed by atoms with Gasteiger partial charge in [0.15, 0.2) is 0 Å². The molecule has 0 atom stereocenters. The molecule has 45 heavy (non-hydrogen) atoms. The Balaban J connectivity index is 1.12. The summed E-state index contributed by atoms with van der Waals surface area (Å²) in [7, 11) is 0. The lowest BCUT2D eigenvalue weighted by molar-refractivity contribution is 0.669. The van der Waals surface area contributed by atoms with Gasteiger partial charge in [-0.25, -0.2) is 0 Å². The number of hydrogen-bond donors (Lipinski definition) is 0. The SMILES string of the molecule is c1ccc(-c2ccc(N(c3ccc(-c4ccc5oc6ccccc6c5c4)cc3)c3ccc4c(c3)Cc3ccccc3-4)cc2)cc1. The van der Waals surface area contributed by atoms with Crippen molar-refractivity contribution in [3.63, 3.8) is 0 Å². The molecule has 2 nitrogen and oxygen atoms in total. The third-order valence-corrected chi connectivity index (χ3v) is 9.10. The van der Waals surface area contributed by atoms with E-state index in [1.54, 1.807) is 0 Å². The van der Waals surface area contributed by atoms with Gasteiger partial charge >= 0.3 is 0 Å². The fourth-order valence-electron chi connectivity index (χ4n) is 6.86. The van der Waals surface area contributed by atoms with E-state index in [-0.39, 0.29) is 0 Å². The molecule has 0 aliphatic heterocycles. The topological polar surface area (TPSA) is 16.4 Å². The van der Waals surface area contributed by atoms with Gasteiger partial charge in [0.2, 0.25) is 0 Å². The van der Waals surface area contributed by atoms with E-state index in [4.69, 9.17) is 4.42 Å². The number of benzene rings is 7. The molecule has 1 heterocycles. The lowest BCUT2D eigenvalue weighted by Crippen LogP contribution is -2.10. The van der Waals surface area contributed by atoms with Crippen LogP contribution in [0.1, 0.15) is 11.1 Å². The van der Waals surface area contributed by atoms with E-state index in [0.29, 0.717) is 0 Å². The van der Waals surface area contributed by atoms with E-state index in [9.17, 15) is 0 Å². The third-order valence-electron chi connectivity index (χ3n) is 9.10. The fraction of sp³-hybridized carbons (Fsp3) is 0.0233. The second kappa shape index (κ2) is 10.4. The molecule has 0 amide bonds. The second-order valence-corrected chi connectivity index (χ2v) is 11.8. The van der Waals surface area contributed by atoms with Crippen molar-refractivity contribution < 1.29 is 4.42 Å². The quantitative estimate of drug-likeness (QED) is 0.203. The smallest absolute Gasteiger partial charge is 0.135 e.